The predicted octanol–water partition coefficient (Wildman–Crippen LogP) is 3.14. The highest BCUT2D eigenvalue weighted by molar-refractivity contribution is 5.98. The lowest BCUT2D eigenvalue weighted by Crippen LogP contribution is -2.50. The zero-order chi connectivity index (χ0) is 24.9. The summed E-state index contributed by atoms with van der Waals surface area (Å²) in [4.78, 5) is 38.4. The number of likely N-dealkylation sites (N-methyl/N-ethyl adjacent to an activating group) is 1. The van der Waals surface area contributed by atoms with Gasteiger partial charge in [0.25, 0.3) is 11.8 Å². The average Bonchev–Trinajstić information content (AvgIpc) is 2.90. The molecule has 0 bridgehead atoms. The van der Waals surface area contributed by atoms with Crippen molar-refractivity contribution in [2.75, 3.05) is 26.7 Å². The molecule has 8 heteroatoms. The van der Waals surface area contributed by atoms with Gasteiger partial charge >= 0.3 is 0 Å². The molecule has 0 radical (unpaired) electrons. The van der Waals surface area contributed by atoms with Gasteiger partial charge in [0.05, 0.1) is 19.2 Å². The number of rotatable bonds is 6. The number of carbonyl (C=O) groups excluding carboxylic acids is 2. The standard InChI is InChI=1S/C27H30N4O4/c1-18-15-31(19(2)17-32)26(33)22-13-21(20-9-5-4-6-10-20)14-29-25(22)35-24(18)16-30(3)27(34)23-11-7-8-12-28-23/h4-14,18-19,24,32H,15-17H2,1-3H3/t18-,19+,24-/m1/s1. The fourth-order valence-corrected chi connectivity index (χ4v) is 4.15. The van der Waals surface area contributed by atoms with E-state index >= 15 is 0 Å². The van der Waals surface area contributed by atoms with Crippen LogP contribution in [-0.4, -0.2) is 75.6 Å². The molecule has 0 saturated heterocycles. The normalized spacial score (nSPS) is 18.6. The molecular formula is C27H30N4O4. The lowest BCUT2D eigenvalue weighted by atomic mass is 9.99. The summed E-state index contributed by atoms with van der Waals surface area (Å²) in [5, 5.41) is 9.84. The fourth-order valence-electron chi connectivity index (χ4n) is 4.15. The highest BCUT2D eigenvalue weighted by Crippen LogP contribution is 2.30. The van der Waals surface area contributed by atoms with Crippen LogP contribution in [0.25, 0.3) is 11.1 Å². The Labute approximate surface area is 205 Å². The van der Waals surface area contributed by atoms with Crippen LogP contribution in [0.2, 0.25) is 0 Å². The number of carbonyl (C=O) groups is 2. The van der Waals surface area contributed by atoms with E-state index in [9.17, 15) is 14.7 Å². The van der Waals surface area contributed by atoms with Crippen LogP contribution < -0.4 is 4.74 Å². The lowest BCUT2D eigenvalue weighted by molar-refractivity contribution is 0.0312. The number of ether oxygens (including phenoxy) is 1. The molecule has 8 nitrogen and oxygen atoms in total. The second-order valence-electron chi connectivity index (χ2n) is 8.97. The molecule has 0 spiro atoms. The molecule has 0 fully saturated rings. The van der Waals surface area contributed by atoms with Gasteiger partial charge in [-0.1, -0.05) is 43.3 Å². The van der Waals surface area contributed by atoms with Gasteiger partial charge in [0.2, 0.25) is 5.88 Å². The van der Waals surface area contributed by atoms with Crippen LogP contribution in [0.1, 0.15) is 34.7 Å². The fraction of sp³-hybridized carbons (Fsp3) is 0.333. The molecule has 0 saturated carbocycles. The van der Waals surface area contributed by atoms with Crippen LogP contribution in [0.4, 0.5) is 0 Å². The Kier molecular flexibility index (Phi) is 7.41. The smallest absolute Gasteiger partial charge is 0.272 e. The summed E-state index contributed by atoms with van der Waals surface area (Å²) in [5.41, 5.74) is 2.42. The van der Waals surface area contributed by atoms with Gasteiger partial charge in [-0.05, 0) is 30.7 Å². The van der Waals surface area contributed by atoms with Crippen molar-refractivity contribution < 1.29 is 19.4 Å². The second kappa shape index (κ2) is 10.7. The van der Waals surface area contributed by atoms with Crippen molar-refractivity contribution in [2.24, 2.45) is 5.92 Å². The SMILES string of the molecule is C[C@@H]1CN([C@@H](C)CO)C(=O)c2cc(-c3ccccc3)cnc2O[C@@H]1CN(C)C(=O)c1ccccn1. The van der Waals surface area contributed by atoms with Crippen molar-refractivity contribution in [3.8, 4) is 17.0 Å². The monoisotopic (exact) mass is 474 g/mol. The van der Waals surface area contributed by atoms with Crippen LogP contribution in [-0.2, 0) is 0 Å². The number of aliphatic hydroxyl groups excluding tert-OH is 1. The van der Waals surface area contributed by atoms with Gasteiger partial charge < -0.3 is 19.6 Å². The van der Waals surface area contributed by atoms with E-state index in [4.69, 9.17) is 4.74 Å². The number of pyridine rings is 2. The van der Waals surface area contributed by atoms with Crippen LogP contribution in [0.15, 0.2) is 67.0 Å². The first-order chi connectivity index (χ1) is 16.9. The number of amides is 2. The molecule has 2 amide bonds. The molecule has 4 rings (SSSR count). The molecule has 0 aliphatic carbocycles. The van der Waals surface area contributed by atoms with Gasteiger partial charge in [0.15, 0.2) is 0 Å². The third-order valence-electron chi connectivity index (χ3n) is 6.31. The van der Waals surface area contributed by atoms with E-state index in [1.165, 1.54) is 0 Å². The topological polar surface area (TPSA) is 95.9 Å². The van der Waals surface area contributed by atoms with Crippen molar-refractivity contribution in [3.05, 3.63) is 78.2 Å². The molecule has 3 atom stereocenters. The Balaban J connectivity index is 1.68. The van der Waals surface area contributed by atoms with Crippen molar-refractivity contribution in [3.63, 3.8) is 0 Å². The summed E-state index contributed by atoms with van der Waals surface area (Å²) in [6.07, 6.45) is 2.84. The van der Waals surface area contributed by atoms with E-state index in [1.807, 2.05) is 44.2 Å². The number of hydrogen-bond donors (Lipinski definition) is 1. The summed E-state index contributed by atoms with van der Waals surface area (Å²) in [6.45, 7) is 4.27. The van der Waals surface area contributed by atoms with E-state index in [2.05, 4.69) is 9.97 Å². The Morgan fingerprint density at radius 3 is 2.60 bits per heavy atom. The zero-order valence-electron chi connectivity index (χ0n) is 20.2. The maximum absolute atomic E-state index is 13.6. The van der Waals surface area contributed by atoms with E-state index in [1.54, 1.807) is 53.5 Å². The maximum Gasteiger partial charge on any atom is 0.272 e. The number of nitrogens with zero attached hydrogens (tertiary/aromatic N) is 4. The number of aliphatic hydroxyl groups is 1. The number of hydrogen-bond acceptors (Lipinski definition) is 6. The van der Waals surface area contributed by atoms with E-state index in [-0.39, 0.29) is 42.8 Å². The van der Waals surface area contributed by atoms with Gasteiger partial charge in [0, 0.05) is 37.5 Å². The summed E-state index contributed by atoms with van der Waals surface area (Å²) in [7, 11) is 1.71. The van der Waals surface area contributed by atoms with Crippen LogP contribution >= 0.6 is 0 Å². The molecule has 1 aliphatic heterocycles. The molecule has 3 heterocycles. The quantitative estimate of drug-likeness (QED) is 0.590. The molecule has 182 valence electrons. The van der Waals surface area contributed by atoms with Crippen LogP contribution in [0, 0.1) is 5.92 Å². The van der Waals surface area contributed by atoms with E-state index in [0.29, 0.717) is 17.8 Å². The van der Waals surface area contributed by atoms with Crippen LogP contribution in [0.5, 0.6) is 5.88 Å². The van der Waals surface area contributed by atoms with Gasteiger partial charge in [-0.25, -0.2) is 4.98 Å². The van der Waals surface area contributed by atoms with Crippen molar-refractivity contribution in [2.45, 2.75) is 26.0 Å². The zero-order valence-corrected chi connectivity index (χ0v) is 20.2. The third-order valence-corrected chi connectivity index (χ3v) is 6.31. The largest absolute Gasteiger partial charge is 0.472 e. The first-order valence-corrected chi connectivity index (χ1v) is 11.7. The number of benzene rings is 1. The molecule has 1 aromatic carbocycles. The number of fused-ring (bicyclic) bond motifs is 1. The van der Waals surface area contributed by atoms with Gasteiger partial charge in [-0.15, -0.1) is 0 Å². The summed E-state index contributed by atoms with van der Waals surface area (Å²) in [5.74, 6) is -0.362. The molecule has 35 heavy (non-hydrogen) atoms. The van der Waals surface area contributed by atoms with Crippen molar-refractivity contribution in [1.82, 2.24) is 19.8 Å². The third kappa shape index (κ3) is 5.33. The van der Waals surface area contributed by atoms with Crippen molar-refractivity contribution in [1.29, 1.82) is 0 Å². The van der Waals surface area contributed by atoms with Crippen LogP contribution in [0.3, 0.4) is 0 Å². The Morgan fingerprint density at radius 1 is 1.17 bits per heavy atom. The molecule has 3 aromatic rings. The lowest BCUT2D eigenvalue weighted by Gasteiger charge is -2.37. The molecule has 1 aliphatic rings. The Morgan fingerprint density at radius 2 is 1.91 bits per heavy atom. The molecular weight excluding hydrogens is 444 g/mol. The van der Waals surface area contributed by atoms with Gasteiger partial charge in [-0.2, -0.15) is 0 Å². The van der Waals surface area contributed by atoms with E-state index < -0.39 is 6.10 Å². The first-order valence-electron chi connectivity index (χ1n) is 11.7. The maximum atomic E-state index is 13.6. The Bertz CT molecular complexity index is 1170. The van der Waals surface area contributed by atoms with Gasteiger partial charge in [-0.3, -0.25) is 14.6 Å². The predicted molar refractivity (Wildman–Crippen MR) is 132 cm³/mol. The Hall–Kier alpha value is -3.78. The minimum Gasteiger partial charge on any atom is -0.472 e. The molecule has 0 unspecified atom stereocenters. The minimum absolute atomic E-state index is 0.129. The highest BCUT2D eigenvalue weighted by Gasteiger charge is 2.35. The molecule has 1 N–H and O–H groups in total. The molecule has 2 aromatic heterocycles. The summed E-state index contributed by atoms with van der Waals surface area (Å²) < 4.78 is 6.29. The second-order valence-corrected chi connectivity index (χ2v) is 8.97. The minimum atomic E-state index is -0.428. The van der Waals surface area contributed by atoms with Crippen molar-refractivity contribution >= 4 is 11.8 Å². The summed E-state index contributed by atoms with van der Waals surface area (Å²) >= 11 is 0. The summed E-state index contributed by atoms with van der Waals surface area (Å²) in [6, 6.07) is 16.3. The highest BCUT2D eigenvalue weighted by atomic mass is 16.5. The first kappa shape index (κ1) is 24.3. The van der Waals surface area contributed by atoms with Gasteiger partial charge in [0.1, 0.15) is 17.4 Å². The van der Waals surface area contributed by atoms with E-state index in [0.717, 1.165) is 11.1 Å². The average molecular weight is 475 g/mol. The number of aromatic nitrogens is 2.